The maximum atomic E-state index is 5.76. The number of benzene rings is 1. The third-order valence-electron chi connectivity index (χ3n) is 3.33. The Kier molecular flexibility index (Phi) is 8.26. The molecule has 1 aromatic carbocycles. The molecule has 0 radical (unpaired) electrons. The van der Waals surface area contributed by atoms with E-state index in [0.717, 1.165) is 38.5 Å². The van der Waals surface area contributed by atoms with Crippen LogP contribution in [0.3, 0.4) is 0 Å². The van der Waals surface area contributed by atoms with Crippen LogP contribution >= 0.6 is 0 Å². The van der Waals surface area contributed by atoms with Crippen LogP contribution in [-0.2, 0) is 4.74 Å². The topological polar surface area (TPSA) is 30.5 Å². The Balaban J connectivity index is 2.22. The minimum atomic E-state index is 0.639. The van der Waals surface area contributed by atoms with Gasteiger partial charge < -0.3 is 14.8 Å². The SMILES string of the molecule is COCCNCC(CCOc1ccccc1)C(C)C. The smallest absolute Gasteiger partial charge is 0.119 e. The summed E-state index contributed by atoms with van der Waals surface area (Å²) < 4.78 is 10.8. The third-order valence-corrected chi connectivity index (χ3v) is 3.33. The van der Waals surface area contributed by atoms with E-state index in [1.54, 1.807) is 7.11 Å². The van der Waals surface area contributed by atoms with E-state index in [1.807, 2.05) is 30.3 Å². The summed E-state index contributed by atoms with van der Waals surface area (Å²) in [5, 5.41) is 3.44. The molecular formula is C16H27NO2. The van der Waals surface area contributed by atoms with Crippen LogP contribution in [0.15, 0.2) is 30.3 Å². The van der Waals surface area contributed by atoms with Crippen molar-refractivity contribution in [1.29, 1.82) is 0 Å². The lowest BCUT2D eigenvalue weighted by atomic mass is 9.93. The lowest BCUT2D eigenvalue weighted by Gasteiger charge is -2.21. The van der Waals surface area contributed by atoms with Crippen molar-refractivity contribution in [2.75, 3.05) is 33.4 Å². The lowest BCUT2D eigenvalue weighted by Crippen LogP contribution is -2.29. The maximum absolute atomic E-state index is 5.76. The molecule has 0 aliphatic carbocycles. The van der Waals surface area contributed by atoms with E-state index >= 15 is 0 Å². The third kappa shape index (κ3) is 7.19. The van der Waals surface area contributed by atoms with E-state index in [2.05, 4.69) is 19.2 Å². The zero-order valence-corrected chi connectivity index (χ0v) is 12.4. The summed E-state index contributed by atoms with van der Waals surface area (Å²) in [5.74, 6) is 2.26. The molecular weight excluding hydrogens is 238 g/mol. The number of para-hydroxylation sites is 1. The van der Waals surface area contributed by atoms with Gasteiger partial charge in [0.1, 0.15) is 5.75 Å². The molecule has 1 rings (SSSR count). The molecule has 0 aromatic heterocycles. The van der Waals surface area contributed by atoms with Crippen LogP contribution in [0.2, 0.25) is 0 Å². The Morgan fingerprint density at radius 1 is 1.11 bits per heavy atom. The van der Waals surface area contributed by atoms with Gasteiger partial charge in [-0.2, -0.15) is 0 Å². The van der Waals surface area contributed by atoms with Crippen LogP contribution in [0.25, 0.3) is 0 Å². The Bertz CT molecular complexity index is 314. The minimum Gasteiger partial charge on any atom is -0.494 e. The Morgan fingerprint density at radius 2 is 1.84 bits per heavy atom. The lowest BCUT2D eigenvalue weighted by molar-refractivity contribution is 0.192. The molecule has 0 spiro atoms. The van der Waals surface area contributed by atoms with Crippen LogP contribution in [0.5, 0.6) is 5.75 Å². The van der Waals surface area contributed by atoms with Gasteiger partial charge in [0, 0.05) is 13.7 Å². The molecule has 108 valence electrons. The van der Waals surface area contributed by atoms with Crippen molar-refractivity contribution in [2.24, 2.45) is 11.8 Å². The molecule has 0 amide bonds. The van der Waals surface area contributed by atoms with E-state index in [-0.39, 0.29) is 0 Å². The summed E-state index contributed by atoms with van der Waals surface area (Å²) in [4.78, 5) is 0. The zero-order chi connectivity index (χ0) is 13.9. The highest BCUT2D eigenvalue weighted by atomic mass is 16.5. The summed E-state index contributed by atoms with van der Waals surface area (Å²) in [6.45, 7) is 8.03. The first kappa shape index (κ1) is 16.0. The van der Waals surface area contributed by atoms with Gasteiger partial charge in [0.2, 0.25) is 0 Å². The predicted octanol–water partition coefficient (Wildman–Crippen LogP) is 2.96. The van der Waals surface area contributed by atoms with Gasteiger partial charge in [-0.15, -0.1) is 0 Å². The average molecular weight is 265 g/mol. The second-order valence-corrected chi connectivity index (χ2v) is 5.15. The van der Waals surface area contributed by atoms with Crippen molar-refractivity contribution in [3.05, 3.63) is 30.3 Å². The highest BCUT2D eigenvalue weighted by Gasteiger charge is 2.13. The predicted molar refractivity (Wildman–Crippen MR) is 79.6 cm³/mol. The van der Waals surface area contributed by atoms with Gasteiger partial charge in [-0.1, -0.05) is 32.0 Å². The van der Waals surface area contributed by atoms with Crippen molar-refractivity contribution in [2.45, 2.75) is 20.3 Å². The van der Waals surface area contributed by atoms with Gasteiger partial charge in [-0.3, -0.25) is 0 Å². The number of nitrogens with one attached hydrogen (secondary N) is 1. The average Bonchev–Trinajstić information content (AvgIpc) is 2.42. The molecule has 1 atom stereocenters. The first-order valence-electron chi connectivity index (χ1n) is 7.11. The quantitative estimate of drug-likeness (QED) is 0.660. The molecule has 1 unspecified atom stereocenters. The van der Waals surface area contributed by atoms with Crippen molar-refractivity contribution in [3.63, 3.8) is 0 Å². The van der Waals surface area contributed by atoms with Crippen molar-refractivity contribution in [1.82, 2.24) is 5.32 Å². The van der Waals surface area contributed by atoms with Crippen LogP contribution in [0, 0.1) is 11.8 Å². The standard InChI is InChI=1S/C16H27NO2/c1-14(2)15(13-17-10-12-18-3)9-11-19-16-7-5-4-6-8-16/h4-8,14-15,17H,9-13H2,1-3H3. The monoisotopic (exact) mass is 265 g/mol. The van der Waals surface area contributed by atoms with Gasteiger partial charge in [0.05, 0.1) is 13.2 Å². The highest BCUT2D eigenvalue weighted by Crippen LogP contribution is 2.16. The van der Waals surface area contributed by atoms with Gasteiger partial charge in [0.15, 0.2) is 0 Å². The van der Waals surface area contributed by atoms with Crippen LogP contribution < -0.4 is 10.1 Å². The summed E-state index contributed by atoms with van der Waals surface area (Å²) in [6, 6.07) is 10.0. The second kappa shape index (κ2) is 9.82. The van der Waals surface area contributed by atoms with Gasteiger partial charge >= 0.3 is 0 Å². The van der Waals surface area contributed by atoms with E-state index in [4.69, 9.17) is 9.47 Å². The first-order chi connectivity index (χ1) is 9.24. The molecule has 0 bridgehead atoms. The normalized spacial score (nSPS) is 12.6. The van der Waals surface area contributed by atoms with E-state index in [9.17, 15) is 0 Å². The number of ether oxygens (including phenoxy) is 2. The largest absolute Gasteiger partial charge is 0.494 e. The van der Waals surface area contributed by atoms with Gasteiger partial charge in [-0.25, -0.2) is 0 Å². The molecule has 3 heteroatoms. The minimum absolute atomic E-state index is 0.639. The molecule has 1 N–H and O–H groups in total. The van der Waals surface area contributed by atoms with Gasteiger partial charge in [-0.05, 0) is 36.9 Å². The fourth-order valence-corrected chi connectivity index (χ4v) is 1.98. The van der Waals surface area contributed by atoms with Gasteiger partial charge in [0.25, 0.3) is 0 Å². The molecule has 0 aliphatic heterocycles. The molecule has 0 heterocycles. The fourth-order valence-electron chi connectivity index (χ4n) is 1.98. The second-order valence-electron chi connectivity index (χ2n) is 5.15. The molecule has 0 saturated carbocycles. The molecule has 19 heavy (non-hydrogen) atoms. The molecule has 0 fully saturated rings. The Labute approximate surface area is 117 Å². The van der Waals surface area contributed by atoms with Crippen molar-refractivity contribution < 1.29 is 9.47 Å². The zero-order valence-electron chi connectivity index (χ0n) is 12.4. The number of methoxy groups -OCH3 is 1. The Morgan fingerprint density at radius 3 is 2.47 bits per heavy atom. The number of hydrogen-bond donors (Lipinski definition) is 1. The van der Waals surface area contributed by atoms with E-state index in [0.29, 0.717) is 11.8 Å². The molecule has 0 aliphatic rings. The van der Waals surface area contributed by atoms with Crippen LogP contribution in [-0.4, -0.2) is 33.4 Å². The fraction of sp³-hybridized carbons (Fsp3) is 0.625. The molecule has 1 aromatic rings. The highest BCUT2D eigenvalue weighted by molar-refractivity contribution is 5.20. The van der Waals surface area contributed by atoms with E-state index < -0.39 is 0 Å². The number of hydrogen-bond acceptors (Lipinski definition) is 3. The Hall–Kier alpha value is -1.06. The first-order valence-corrected chi connectivity index (χ1v) is 7.11. The van der Waals surface area contributed by atoms with Crippen LogP contribution in [0.4, 0.5) is 0 Å². The van der Waals surface area contributed by atoms with E-state index in [1.165, 1.54) is 0 Å². The summed E-state index contributed by atoms with van der Waals surface area (Å²) >= 11 is 0. The summed E-state index contributed by atoms with van der Waals surface area (Å²) in [7, 11) is 1.73. The molecule has 3 nitrogen and oxygen atoms in total. The summed E-state index contributed by atoms with van der Waals surface area (Å²) in [5.41, 5.74) is 0. The van der Waals surface area contributed by atoms with Crippen molar-refractivity contribution in [3.8, 4) is 5.75 Å². The summed E-state index contributed by atoms with van der Waals surface area (Å²) in [6.07, 6.45) is 1.08. The van der Waals surface area contributed by atoms with Crippen molar-refractivity contribution >= 4 is 0 Å². The maximum Gasteiger partial charge on any atom is 0.119 e. The number of rotatable bonds is 10. The molecule has 0 saturated heterocycles. The van der Waals surface area contributed by atoms with Crippen LogP contribution in [0.1, 0.15) is 20.3 Å².